The highest BCUT2D eigenvalue weighted by Gasteiger charge is 2.23. The van der Waals surface area contributed by atoms with Gasteiger partial charge in [-0.2, -0.15) is 0 Å². The molecule has 0 radical (unpaired) electrons. The number of hydrogen-bond acceptors (Lipinski definition) is 4. The Balaban J connectivity index is 1.63. The molecule has 0 atom stereocenters. The van der Waals surface area contributed by atoms with Crippen molar-refractivity contribution in [3.8, 4) is 5.75 Å². The minimum absolute atomic E-state index is 0.0493. The van der Waals surface area contributed by atoms with Gasteiger partial charge in [0.15, 0.2) is 0 Å². The van der Waals surface area contributed by atoms with Crippen molar-refractivity contribution < 1.29 is 14.3 Å². The fourth-order valence-corrected chi connectivity index (χ4v) is 3.66. The highest BCUT2D eigenvalue weighted by atomic mass is 35.5. The van der Waals surface area contributed by atoms with E-state index in [1.54, 1.807) is 7.11 Å². The number of carbonyl (C=O) groups is 1. The number of nitrogens with zero attached hydrogens (tertiary/aromatic N) is 2. The van der Waals surface area contributed by atoms with Crippen molar-refractivity contribution in [2.75, 3.05) is 44.8 Å². The van der Waals surface area contributed by atoms with E-state index in [0.717, 1.165) is 48.0 Å². The third-order valence-electron chi connectivity index (χ3n) is 5.17. The molecule has 1 fully saturated rings. The number of amides is 1. The molecule has 29 heavy (non-hydrogen) atoms. The summed E-state index contributed by atoms with van der Waals surface area (Å²) < 4.78 is 11.2. The monoisotopic (exact) mass is 416 g/mol. The van der Waals surface area contributed by atoms with Crippen LogP contribution in [0.4, 0.5) is 5.69 Å². The fourth-order valence-electron chi connectivity index (χ4n) is 3.48. The molecule has 5 nitrogen and oxygen atoms in total. The molecule has 6 heteroatoms. The summed E-state index contributed by atoms with van der Waals surface area (Å²) in [5.41, 5.74) is 2.68. The van der Waals surface area contributed by atoms with Crippen LogP contribution in [0.25, 0.3) is 0 Å². The molecular formula is C23H29ClN2O3. The molecule has 1 amide bonds. The maximum atomic E-state index is 13.0. The third kappa shape index (κ3) is 5.64. The van der Waals surface area contributed by atoms with Crippen LogP contribution in [-0.2, 0) is 11.3 Å². The molecule has 1 heterocycles. The molecule has 1 aliphatic rings. The average molecular weight is 417 g/mol. The maximum Gasteiger partial charge on any atom is 0.253 e. The first-order chi connectivity index (χ1) is 14.1. The second-order valence-corrected chi connectivity index (χ2v) is 7.63. The average Bonchev–Trinajstić information content (AvgIpc) is 2.76. The van der Waals surface area contributed by atoms with Gasteiger partial charge in [0.1, 0.15) is 5.75 Å². The lowest BCUT2D eigenvalue weighted by Crippen LogP contribution is -2.48. The van der Waals surface area contributed by atoms with Crippen LogP contribution >= 0.6 is 11.6 Å². The fraction of sp³-hybridized carbons (Fsp3) is 0.435. The second-order valence-electron chi connectivity index (χ2n) is 7.19. The lowest BCUT2D eigenvalue weighted by molar-refractivity contribution is 0.0746. The van der Waals surface area contributed by atoms with Gasteiger partial charge < -0.3 is 19.3 Å². The number of carbonyl (C=O) groups excluding carboxylic acids is 1. The summed E-state index contributed by atoms with van der Waals surface area (Å²) in [6.07, 6.45) is 2.12. The molecule has 1 saturated heterocycles. The van der Waals surface area contributed by atoms with E-state index in [0.29, 0.717) is 31.9 Å². The predicted octanol–water partition coefficient (Wildman–Crippen LogP) is 4.63. The van der Waals surface area contributed by atoms with Gasteiger partial charge in [-0.3, -0.25) is 4.79 Å². The van der Waals surface area contributed by atoms with Gasteiger partial charge in [0.05, 0.1) is 13.7 Å². The predicted molar refractivity (Wildman–Crippen MR) is 117 cm³/mol. The smallest absolute Gasteiger partial charge is 0.253 e. The molecule has 0 aliphatic carbocycles. The summed E-state index contributed by atoms with van der Waals surface area (Å²) in [6.45, 7) is 6.23. The number of methoxy groups -OCH3 is 1. The molecule has 0 bridgehead atoms. The van der Waals surface area contributed by atoms with Gasteiger partial charge in [0.2, 0.25) is 0 Å². The minimum atomic E-state index is 0.0493. The van der Waals surface area contributed by atoms with E-state index in [1.807, 2.05) is 41.3 Å². The van der Waals surface area contributed by atoms with Gasteiger partial charge in [0.25, 0.3) is 5.91 Å². The van der Waals surface area contributed by atoms with E-state index in [1.165, 1.54) is 0 Å². The molecule has 156 valence electrons. The first kappa shape index (κ1) is 21.5. The van der Waals surface area contributed by atoms with Crippen molar-refractivity contribution in [1.82, 2.24) is 4.90 Å². The van der Waals surface area contributed by atoms with Gasteiger partial charge in [-0.1, -0.05) is 31.0 Å². The Bertz CT molecular complexity index is 820. The highest BCUT2D eigenvalue weighted by Crippen LogP contribution is 2.24. The second kappa shape index (κ2) is 10.5. The Labute approximate surface area is 178 Å². The summed E-state index contributed by atoms with van der Waals surface area (Å²) in [4.78, 5) is 17.2. The Morgan fingerprint density at radius 2 is 1.90 bits per heavy atom. The number of anilines is 1. The normalized spacial score (nSPS) is 14.2. The van der Waals surface area contributed by atoms with Crippen molar-refractivity contribution in [2.24, 2.45) is 0 Å². The van der Waals surface area contributed by atoms with Crippen LogP contribution < -0.4 is 9.64 Å². The summed E-state index contributed by atoms with van der Waals surface area (Å²) in [7, 11) is 1.64. The molecule has 0 aromatic heterocycles. The van der Waals surface area contributed by atoms with Crippen LogP contribution in [0.15, 0.2) is 42.5 Å². The molecule has 2 aromatic rings. The Morgan fingerprint density at radius 3 is 2.59 bits per heavy atom. The lowest BCUT2D eigenvalue weighted by Gasteiger charge is -2.36. The van der Waals surface area contributed by atoms with E-state index >= 15 is 0 Å². The van der Waals surface area contributed by atoms with Crippen LogP contribution in [0.3, 0.4) is 0 Å². The van der Waals surface area contributed by atoms with Crippen LogP contribution in [0, 0.1) is 0 Å². The Kier molecular flexibility index (Phi) is 7.78. The zero-order valence-corrected chi connectivity index (χ0v) is 18.0. The van der Waals surface area contributed by atoms with Crippen LogP contribution in [0.1, 0.15) is 35.7 Å². The summed E-state index contributed by atoms with van der Waals surface area (Å²) in [5.74, 6) is 0.803. The molecule has 0 saturated carbocycles. The van der Waals surface area contributed by atoms with Gasteiger partial charge in [-0.05, 0) is 42.8 Å². The molecule has 1 aliphatic heterocycles. The Morgan fingerprint density at radius 1 is 1.10 bits per heavy atom. The SMILES string of the molecule is CCCCOCc1cc(C(=O)N2CCN(c3cccc(Cl)c3)CC2)ccc1OC. The van der Waals surface area contributed by atoms with Crippen LogP contribution in [0.2, 0.25) is 5.02 Å². The number of rotatable bonds is 8. The van der Waals surface area contributed by atoms with E-state index in [4.69, 9.17) is 21.1 Å². The first-order valence-electron chi connectivity index (χ1n) is 10.2. The maximum absolute atomic E-state index is 13.0. The number of benzene rings is 2. The van der Waals surface area contributed by atoms with E-state index in [2.05, 4.69) is 17.9 Å². The number of hydrogen-bond donors (Lipinski definition) is 0. The number of piperazine rings is 1. The largest absolute Gasteiger partial charge is 0.496 e. The summed E-state index contributed by atoms with van der Waals surface area (Å²) in [6, 6.07) is 13.4. The van der Waals surface area contributed by atoms with Crippen molar-refractivity contribution in [1.29, 1.82) is 0 Å². The van der Waals surface area contributed by atoms with Gasteiger partial charge in [-0.15, -0.1) is 0 Å². The molecular weight excluding hydrogens is 388 g/mol. The zero-order chi connectivity index (χ0) is 20.6. The van der Waals surface area contributed by atoms with Gasteiger partial charge in [0, 0.05) is 54.6 Å². The van der Waals surface area contributed by atoms with Crippen molar-refractivity contribution >= 4 is 23.2 Å². The number of ether oxygens (including phenoxy) is 2. The lowest BCUT2D eigenvalue weighted by atomic mass is 10.1. The third-order valence-corrected chi connectivity index (χ3v) is 5.40. The summed E-state index contributed by atoms with van der Waals surface area (Å²) >= 11 is 6.10. The van der Waals surface area contributed by atoms with Gasteiger partial charge in [-0.25, -0.2) is 0 Å². The van der Waals surface area contributed by atoms with E-state index < -0.39 is 0 Å². The topological polar surface area (TPSA) is 42.0 Å². The molecule has 2 aromatic carbocycles. The number of halogens is 1. The summed E-state index contributed by atoms with van der Waals surface area (Å²) in [5, 5.41) is 0.730. The number of unbranched alkanes of at least 4 members (excludes halogenated alkanes) is 1. The quantitative estimate of drug-likeness (QED) is 0.588. The van der Waals surface area contributed by atoms with Gasteiger partial charge >= 0.3 is 0 Å². The molecule has 0 unspecified atom stereocenters. The zero-order valence-electron chi connectivity index (χ0n) is 17.2. The standard InChI is InChI=1S/C23H29ClN2O3/c1-3-4-14-29-17-19-15-18(8-9-22(19)28-2)23(27)26-12-10-25(11-13-26)21-7-5-6-20(24)16-21/h5-9,15-16H,3-4,10-14,17H2,1-2H3. The first-order valence-corrected chi connectivity index (χ1v) is 10.5. The van der Waals surface area contributed by atoms with Crippen molar-refractivity contribution in [3.05, 3.63) is 58.6 Å². The van der Waals surface area contributed by atoms with E-state index in [-0.39, 0.29) is 5.91 Å². The van der Waals surface area contributed by atoms with E-state index in [9.17, 15) is 4.79 Å². The van der Waals surface area contributed by atoms with Crippen LogP contribution in [-0.4, -0.2) is 50.7 Å². The Hall–Kier alpha value is -2.24. The molecule has 0 N–H and O–H groups in total. The molecule has 0 spiro atoms. The van der Waals surface area contributed by atoms with Crippen molar-refractivity contribution in [3.63, 3.8) is 0 Å². The highest BCUT2D eigenvalue weighted by molar-refractivity contribution is 6.30. The minimum Gasteiger partial charge on any atom is -0.496 e. The molecule has 3 rings (SSSR count). The van der Waals surface area contributed by atoms with Crippen LogP contribution in [0.5, 0.6) is 5.75 Å². The van der Waals surface area contributed by atoms with Crippen molar-refractivity contribution in [2.45, 2.75) is 26.4 Å².